The van der Waals surface area contributed by atoms with Gasteiger partial charge in [-0.05, 0) is 38.5 Å². The first-order chi connectivity index (χ1) is 13.7. The summed E-state index contributed by atoms with van der Waals surface area (Å²) in [6.45, 7) is 4.48. The highest BCUT2D eigenvalue weighted by molar-refractivity contribution is 7.92. The lowest BCUT2D eigenvalue weighted by molar-refractivity contribution is -0.0534. The van der Waals surface area contributed by atoms with Gasteiger partial charge in [0, 0.05) is 36.3 Å². The second-order valence-electron chi connectivity index (χ2n) is 7.96. The fourth-order valence-corrected chi connectivity index (χ4v) is 5.16. The zero-order chi connectivity index (χ0) is 20.9. The van der Waals surface area contributed by atoms with Gasteiger partial charge in [0.05, 0.1) is 17.6 Å². The second kappa shape index (κ2) is 7.42. The number of aromatic nitrogens is 2. The molecule has 0 spiro atoms. The third-order valence-corrected chi connectivity index (χ3v) is 7.83. The predicted octanol–water partition coefficient (Wildman–Crippen LogP) is 2.04. The van der Waals surface area contributed by atoms with Crippen LogP contribution in [0.25, 0.3) is 0 Å². The van der Waals surface area contributed by atoms with E-state index in [0.29, 0.717) is 25.1 Å². The summed E-state index contributed by atoms with van der Waals surface area (Å²) < 4.78 is 58.5. The van der Waals surface area contributed by atoms with Crippen molar-refractivity contribution in [3.63, 3.8) is 0 Å². The molecule has 1 saturated heterocycles. The van der Waals surface area contributed by atoms with Crippen molar-refractivity contribution in [1.82, 2.24) is 15.1 Å². The molecule has 2 aliphatic heterocycles. The van der Waals surface area contributed by atoms with Crippen molar-refractivity contribution in [3.8, 4) is 0 Å². The van der Waals surface area contributed by atoms with E-state index in [1.54, 1.807) is 13.8 Å². The van der Waals surface area contributed by atoms with Crippen molar-refractivity contribution >= 4 is 9.84 Å². The fraction of sp³-hybridized carbons (Fsp3) is 0.526. The molecule has 2 aromatic rings. The van der Waals surface area contributed by atoms with Crippen molar-refractivity contribution < 1.29 is 21.9 Å². The Morgan fingerprint density at radius 2 is 2.07 bits per heavy atom. The first-order valence-electron chi connectivity index (χ1n) is 9.54. The van der Waals surface area contributed by atoms with Gasteiger partial charge in [-0.15, -0.1) is 0 Å². The standard InChI is InChI=1S/C19H24F2N4O3S/c1-10(2)29(26,27)19-14-7-25(8-17(14)23-24-19)12-6-16(22)18(28-9-12)13-5-11(20)3-4-15(13)21/h3-5,10,12,16,18H,6-9,22H2,1-2H3,(H,23,24)/t12-,16+,18-/m1/s1. The Balaban J connectivity index is 1.48. The Bertz CT molecular complexity index is 1020. The van der Waals surface area contributed by atoms with E-state index >= 15 is 0 Å². The van der Waals surface area contributed by atoms with Crippen LogP contribution in [-0.2, 0) is 27.7 Å². The lowest BCUT2D eigenvalue weighted by Gasteiger charge is -2.38. The van der Waals surface area contributed by atoms with E-state index < -0.39 is 38.9 Å². The molecule has 0 bridgehead atoms. The van der Waals surface area contributed by atoms with E-state index in [1.807, 2.05) is 0 Å². The van der Waals surface area contributed by atoms with Crippen LogP contribution in [0.5, 0.6) is 0 Å². The zero-order valence-corrected chi connectivity index (χ0v) is 17.0. The number of nitrogens with zero attached hydrogens (tertiary/aromatic N) is 2. The van der Waals surface area contributed by atoms with Crippen LogP contribution >= 0.6 is 0 Å². The van der Waals surface area contributed by atoms with Crippen molar-refractivity contribution in [1.29, 1.82) is 0 Å². The van der Waals surface area contributed by atoms with Crippen LogP contribution in [0.15, 0.2) is 23.2 Å². The summed E-state index contributed by atoms with van der Waals surface area (Å²) in [7, 11) is -3.48. The quantitative estimate of drug-likeness (QED) is 0.776. The molecule has 2 aliphatic rings. The molecule has 10 heteroatoms. The van der Waals surface area contributed by atoms with E-state index in [4.69, 9.17) is 10.5 Å². The molecule has 3 N–H and O–H groups in total. The number of aromatic amines is 1. The minimum Gasteiger partial charge on any atom is -0.370 e. The van der Waals surface area contributed by atoms with E-state index in [9.17, 15) is 17.2 Å². The van der Waals surface area contributed by atoms with Crippen LogP contribution < -0.4 is 5.73 Å². The van der Waals surface area contributed by atoms with Crippen molar-refractivity contribution in [3.05, 3.63) is 46.7 Å². The Kier molecular flexibility index (Phi) is 5.22. The molecule has 0 amide bonds. The Hall–Kier alpha value is -1.88. The van der Waals surface area contributed by atoms with Gasteiger partial charge in [-0.1, -0.05) is 0 Å². The highest BCUT2D eigenvalue weighted by Crippen LogP contribution is 2.35. The Labute approximate surface area is 168 Å². The highest BCUT2D eigenvalue weighted by Gasteiger charge is 2.39. The van der Waals surface area contributed by atoms with Gasteiger partial charge in [0.15, 0.2) is 14.9 Å². The van der Waals surface area contributed by atoms with E-state index in [-0.39, 0.29) is 23.2 Å². The molecule has 3 atom stereocenters. The molecule has 1 fully saturated rings. The van der Waals surface area contributed by atoms with Crippen LogP contribution in [0.4, 0.5) is 8.78 Å². The van der Waals surface area contributed by atoms with Gasteiger partial charge in [-0.3, -0.25) is 10.00 Å². The third kappa shape index (κ3) is 3.58. The molecule has 0 radical (unpaired) electrons. The van der Waals surface area contributed by atoms with E-state index in [1.165, 1.54) is 0 Å². The van der Waals surface area contributed by atoms with Crippen molar-refractivity contribution in [2.45, 2.75) is 61.8 Å². The maximum Gasteiger partial charge on any atom is 0.200 e. The lowest BCUT2D eigenvalue weighted by atomic mass is 9.93. The van der Waals surface area contributed by atoms with Gasteiger partial charge in [0.1, 0.15) is 17.7 Å². The SMILES string of the molecule is CC(C)S(=O)(=O)c1n[nH]c2c1CN([C@H]1CO[C@H](c3cc(F)ccc3F)[C@@H](N)C1)C2. The number of H-pyrrole nitrogens is 1. The number of fused-ring (bicyclic) bond motifs is 1. The number of halogens is 2. The smallest absolute Gasteiger partial charge is 0.200 e. The van der Waals surface area contributed by atoms with Crippen LogP contribution in [0.3, 0.4) is 0 Å². The molecule has 0 aliphatic carbocycles. The lowest BCUT2D eigenvalue weighted by Crippen LogP contribution is -2.47. The normalized spacial score (nSPS) is 25.5. The number of sulfone groups is 1. The second-order valence-corrected chi connectivity index (χ2v) is 10.4. The number of rotatable bonds is 4. The minimum atomic E-state index is -3.48. The van der Waals surface area contributed by atoms with E-state index in [0.717, 1.165) is 23.9 Å². The third-order valence-electron chi connectivity index (χ3n) is 5.71. The van der Waals surface area contributed by atoms with Gasteiger partial charge >= 0.3 is 0 Å². The summed E-state index contributed by atoms with van der Waals surface area (Å²) in [6.07, 6.45) is -0.203. The Morgan fingerprint density at radius 3 is 2.76 bits per heavy atom. The zero-order valence-electron chi connectivity index (χ0n) is 16.2. The van der Waals surface area contributed by atoms with Crippen molar-refractivity contribution in [2.24, 2.45) is 5.73 Å². The molecule has 29 heavy (non-hydrogen) atoms. The molecule has 7 nitrogen and oxygen atoms in total. The predicted molar refractivity (Wildman–Crippen MR) is 102 cm³/mol. The maximum absolute atomic E-state index is 14.1. The van der Waals surface area contributed by atoms with Crippen LogP contribution in [0, 0.1) is 11.6 Å². The summed E-state index contributed by atoms with van der Waals surface area (Å²) >= 11 is 0. The number of hydrogen-bond acceptors (Lipinski definition) is 6. The summed E-state index contributed by atoms with van der Waals surface area (Å²) in [5.74, 6) is -1.08. The number of nitrogens with two attached hydrogens (primary N) is 1. The summed E-state index contributed by atoms with van der Waals surface area (Å²) in [5, 5.41) is 6.41. The van der Waals surface area contributed by atoms with Gasteiger partial charge < -0.3 is 10.5 Å². The molecule has 4 rings (SSSR count). The fourth-order valence-electron chi connectivity index (χ4n) is 4.01. The molecule has 0 unspecified atom stereocenters. The minimum absolute atomic E-state index is 0.0618. The Morgan fingerprint density at radius 1 is 1.31 bits per heavy atom. The molecule has 1 aromatic heterocycles. The van der Waals surface area contributed by atoms with Gasteiger partial charge in [-0.2, -0.15) is 5.10 Å². The molecule has 158 valence electrons. The number of benzene rings is 1. The topological polar surface area (TPSA) is 101 Å². The number of ether oxygens (including phenoxy) is 1. The number of hydrogen-bond donors (Lipinski definition) is 2. The van der Waals surface area contributed by atoms with Crippen LogP contribution in [0.2, 0.25) is 0 Å². The van der Waals surface area contributed by atoms with E-state index in [2.05, 4.69) is 15.1 Å². The highest BCUT2D eigenvalue weighted by atomic mass is 32.2. The molecular weight excluding hydrogens is 402 g/mol. The van der Waals surface area contributed by atoms with Crippen LogP contribution in [-0.4, -0.2) is 47.5 Å². The van der Waals surface area contributed by atoms with Gasteiger partial charge in [0.25, 0.3) is 0 Å². The summed E-state index contributed by atoms with van der Waals surface area (Å²) in [5.41, 5.74) is 7.83. The largest absolute Gasteiger partial charge is 0.370 e. The molecule has 1 aromatic carbocycles. The first-order valence-corrected chi connectivity index (χ1v) is 11.1. The average molecular weight is 426 g/mol. The molecule has 3 heterocycles. The van der Waals surface area contributed by atoms with Gasteiger partial charge in [0.2, 0.25) is 0 Å². The first kappa shape index (κ1) is 20.4. The molecular formula is C19H24F2N4O3S. The molecule has 0 saturated carbocycles. The van der Waals surface area contributed by atoms with Gasteiger partial charge in [-0.25, -0.2) is 17.2 Å². The average Bonchev–Trinajstić information content (AvgIpc) is 3.24. The van der Waals surface area contributed by atoms with Crippen molar-refractivity contribution in [2.75, 3.05) is 6.61 Å². The monoisotopic (exact) mass is 426 g/mol. The van der Waals surface area contributed by atoms with Crippen LogP contribution in [0.1, 0.15) is 43.2 Å². The number of nitrogens with one attached hydrogen (secondary N) is 1. The summed E-state index contributed by atoms with van der Waals surface area (Å²) in [6, 6.07) is 2.68. The summed E-state index contributed by atoms with van der Waals surface area (Å²) in [4.78, 5) is 2.08. The maximum atomic E-state index is 14.1.